The molecule has 5 saturated heterocycles. The van der Waals surface area contributed by atoms with Crippen molar-refractivity contribution >= 4 is 34.9 Å². The van der Waals surface area contributed by atoms with Gasteiger partial charge in [-0.25, -0.2) is 18.7 Å². The molecule has 0 unspecified atom stereocenters. The van der Waals surface area contributed by atoms with E-state index in [2.05, 4.69) is 110 Å². The maximum absolute atomic E-state index is 14.7. The predicted molar refractivity (Wildman–Crippen MR) is 259 cm³/mol. The number of piperidine rings is 2. The van der Waals surface area contributed by atoms with E-state index in [1.807, 2.05) is 18.2 Å². The fourth-order valence-electron chi connectivity index (χ4n) is 12.1. The lowest BCUT2D eigenvalue weighted by Gasteiger charge is -2.47. The van der Waals surface area contributed by atoms with Gasteiger partial charge >= 0.3 is 0 Å². The molecule has 5 fully saturated rings. The Labute approximate surface area is 418 Å². The van der Waals surface area contributed by atoms with Crippen LogP contribution in [0.25, 0.3) is 11.4 Å². The lowest BCUT2D eigenvalue weighted by Crippen LogP contribution is -2.55. The monoisotopic (exact) mass is 1000 g/mol. The molecule has 4 aromatic heterocycles. The van der Waals surface area contributed by atoms with Gasteiger partial charge in [0, 0.05) is 46.6 Å². The molecule has 6 N–H and O–H groups in total. The number of anilines is 6. The summed E-state index contributed by atoms with van der Waals surface area (Å²) in [5.41, 5.74) is 0.541. The van der Waals surface area contributed by atoms with E-state index in [1.54, 1.807) is 22.9 Å². The molecule has 1 spiro atoms. The van der Waals surface area contributed by atoms with Crippen LogP contribution in [0.5, 0.6) is 11.5 Å². The second-order valence-corrected chi connectivity index (χ2v) is 21.4. The van der Waals surface area contributed by atoms with Crippen molar-refractivity contribution in [3.05, 3.63) is 72.1 Å². The van der Waals surface area contributed by atoms with Gasteiger partial charge in [-0.3, -0.25) is 9.80 Å². The molecule has 0 saturated carbocycles. The molecule has 13 rings (SSSR count). The van der Waals surface area contributed by atoms with Crippen LogP contribution < -0.4 is 30.7 Å². The number of ether oxygens (including phenoxy) is 3. The summed E-state index contributed by atoms with van der Waals surface area (Å²) < 4.78 is 50.0. The molecule has 0 aliphatic carbocycles. The van der Waals surface area contributed by atoms with E-state index in [0.717, 1.165) is 45.0 Å². The van der Waals surface area contributed by atoms with Gasteiger partial charge in [0.1, 0.15) is 22.9 Å². The second kappa shape index (κ2) is 18.0. The first-order valence-electron chi connectivity index (χ1n) is 24.9. The highest BCUT2D eigenvalue weighted by molar-refractivity contribution is 5.65. The van der Waals surface area contributed by atoms with Gasteiger partial charge in [0.15, 0.2) is 23.3 Å². The molecule has 4 atom stereocenters. The van der Waals surface area contributed by atoms with Crippen LogP contribution in [-0.2, 0) is 15.9 Å². The molecule has 7 aliphatic heterocycles. The number of aromatic nitrogens is 12. The standard InChI is InChI=1S/C24H30FN9O3.C24H28FN9O2/c1-23(2)10-15(8-16-4-3-7-33(16)23)27-20-17(25)11-26-22(29-20)28-14-5-6-19-18(9-14)34-21(30-31-32-34)24(12-35,13-36)37-19;1-23(2)10-15(8-16-4-3-7-33(16)23)27-20-17(25)11-26-22(29-20)28-14-5-6-19-18(9-14)34-21(30-31-32-34)24(36-19)12-35-13-24/h5-6,9,11,15-16,35-36H,3-4,7-8,10,12-13H2,1-2H3,(H2,26,27,28,29);5-6,9,11,15-16H,3-4,7-8,10,12-13H2,1-2H3,(H2,26,27,28,29)/t2*15-,16+/m11/s1. The summed E-state index contributed by atoms with van der Waals surface area (Å²) >= 11 is 0. The Morgan fingerprint density at radius 2 is 1.16 bits per heavy atom. The van der Waals surface area contributed by atoms with Gasteiger partial charge in [-0.2, -0.15) is 19.3 Å². The minimum absolute atomic E-state index is 0.0472. The Morgan fingerprint density at radius 1 is 0.671 bits per heavy atom. The Kier molecular flexibility index (Phi) is 11.6. The minimum Gasteiger partial charge on any atom is -0.472 e. The normalized spacial score (nSPS) is 24.4. The van der Waals surface area contributed by atoms with Crippen molar-refractivity contribution in [2.45, 2.75) is 126 Å². The van der Waals surface area contributed by atoms with Crippen LogP contribution in [0.2, 0.25) is 0 Å². The van der Waals surface area contributed by atoms with E-state index in [9.17, 15) is 19.0 Å². The average Bonchev–Trinajstić information content (AvgIpc) is 4.21. The summed E-state index contributed by atoms with van der Waals surface area (Å²) in [7, 11) is 0. The van der Waals surface area contributed by atoms with E-state index in [4.69, 9.17) is 14.2 Å². The van der Waals surface area contributed by atoms with E-state index in [0.29, 0.717) is 71.3 Å². The molecule has 11 heterocycles. The maximum atomic E-state index is 14.7. The quantitative estimate of drug-likeness (QED) is 0.110. The number of tetrazole rings is 2. The molecule has 0 radical (unpaired) electrons. The van der Waals surface area contributed by atoms with Crippen LogP contribution in [0.3, 0.4) is 0 Å². The first-order valence-corrected chi connectivity index (χ1v) is 24.9. The Bertz CT molecular complexity index is 3040. The number of halogens is 2. The van der Waals surface area contributed by atoms with Crippen LogP contribution in [0.15, 0.2) is 48.8 Å². The van der Waals surface area contributed by atoms with Crippen LogP contribution >= 0.6 is 0 Å². The topological polar surface area (TPSA) is 262 Å². The lowest BCUT2D eigenvalue weighted by atomic mass is 9.84. The number of fused-ring (bicyclic) bond motifs is 9. The smallest absolute Gasteiger partial charge is 0.229 e. The highest BCUT2D eigenvalue weighted by Gasteiger charge is 2.51. The zero-order valence-electron chi connectivity index (χ0n) is 41.0. The molecule has 384 valence electrons. The summed E-state index contributed by atoms with van der Waals surface area (Å²) in [4.78, 5) is 22.4. The summed E-state index contributed by atoms with van der Waals surface area (Å²) in [6, 6.07) is 12.0. The van der Waals surface area contributed by atoms with Gasteiger partial charge in [-0.1, -0.05) is 0 Å². The first kappa shape index (κ1) is 47.2. The molecule has 6 aromatic rings. The number of nitrogens with one attached hydrogen (secondary N) is 4. The third-order valence-electron chi connectivity index (χ3n) is 15.5. The molecular formula is C48H58F2N18O5. The summed E-state index contributed by atoms with van der Waals surface area (Å²) in [5, 5.41) is 56.4. The molecule has 23 nitrogen and oxygen atoms in total. The van der Waals surface area contributed by atoms with Gasteiger partial charge in [0.05, 0.1) is 38.8 Å². The van der Waals surface area contributed by atoms with Crippen molar-refractivity contribution in [2.24, 2.45) is 0 Å². The van der Waals surface area contributed by atoms with E-state index in [1.165, 1.54) is 36.6 Å². The van der Waals surface area contributed by atoms with Crippen molar-refractivity contribution < 1.29 is 33.2 Å². The molecule has 25 heteroatoms. The van der Waals surface area contributed by atoms with Crippen LogP contribution in [0.4, 0.5) is 43.7 Å². The number of hydrogen-bond donors (Lipinski definition) is 6. The van der Waals surface area contributed by atoms with Crippen molar-refractivity contribution in [1.82, 2.24) is 70.2 Å². The molecule has 0 bridgehead atoms. The Balaban J connectivity index is 0.000000149. The Hall–Kier alpha value is -6.80. The number of rotatable bonds is 10. The van der Waals surface area contributed by atoms with Gasteiger partial charge in [-0.05, 0) is 149 Å². The minimum atomic E-state index is -1.45. The highest BCUT2D eigenvalue weighted by atomic mass is 19.1. The van der Waals surface area contributed by atoms with E-state index in [-0.39, 0.29) is 46.6 Å². The van der Waals surface area contributed by atoms with Crippen molar-refractivity contribution in [3.63, 3.8) is 0 Å². The fourth-order valence-corrected chi connectivity index (χ4v) is 12.1. The van der Waals surface area contributed by atoms with Crippen LogP contribution in [-0.4, -0.2) is 155 Å². The number of aliphatic hydroxyl groups is 2. The predicted octanol–water partition coefficient (Wildman–Crippen LogP) is 4.49. The van der Waals surface area contributed by atoms with Gasteiger partial charge < -0.3 is 45.7 Å². The third-order valence-corrected chi connectivity index (χ3v) is 15.5. The molecule has 0 amide bonds. The maximum Gasteiger partial charge on any atom is 0.229 e. The van der Waals surface area contributed by atoms with Crippen molar-refractivity contribution in [1.29, 1.82) is 0 Å². The van der Waals surface area contributed by atoms with E-state index >= 15 is 0 Å². The number of benzene rings is 2. The van der Waals surface area contributed by atoms with Gasteiger partial charge in [0.2, 0.25) is 34.7 Å². The SMILES string of the molecule is CC1(C)C[C@H](Nc2nc(Nc3ccc4c(c3)-n3nnnc3C(CO)(CO)O4)ncc2F)C[C@@H]2CCCN21.CC1(C)C[C@H](Nc2nc(Nc3ccc4c(c3)-n3nnnc3C3(COC3)O4)ncc2F)C[C@@H]2CCCN21. The molecule has 7 aliphatic rings. The Morgan fingerprint density at radius 3 is 1.66 bits per heavy atom. The largest absolute Gasteiger partial charge is 0.472 e. The lowest BCUT2D eigenvalue weighted by molar-refractivity contribution is -0.176. The van der Waals surface area contributed by atoms with Crippen LogP contribution in [0.1, 0.15) is 90.7 Å². The van der Waals surface area contributed by atoms with Gasteiger partial charge in [-0.15, -0.1) is 10.2 Å². The molecule has 73 heavy (non-hydrogen) atoms. The number of hydrogen-bond acceptors (Lipinski definition) is 21. The van der Waals surface area contributed by atoms with Gasteiger partial charge in [0.25, 0.3) is 0 Å². The zero-order valence-corrected chi connectivity index (χ0v) is 41.0. The van der Waals surface area contributed by atoms with Crippen molar-refractivity contribution in [2.75, 3.05) is 60.8 Å². The highest BCUT2D eigenvalue weighted by Crippen LogP contribution is 2.44. The molecular weight excluding hydrogens is 947 g/mol. The second-order valence-electron chi connectivity index (χ2n) is 21.4. The summed E-state index contributed by atoms with van der Waals surface area (Å²) in [6.07, 6.45) is 10.9. The van der Waals surface area contributed by atoms with Crippen molar-refractivity contribution in [3.8, 4) is 22.9 Å². The molecule has 2 aromatic carbocycles. The zero-order chi connectivity index (χ0) is 50.3. The average molecular weight is 1010 g/mol. The fraction of sp³-hybridized carbons (Fsp3) is 0.542. The number of nitrogens with zero attached hydrogens (tertiary/aromatic N) is 14. The number of aliphatic hydroxyl groups excluding tert-OH is 2. The van der Waals surface area contributed by atoms with Crippen LogP contribution in [0, 0.1) is 11.6 Å². The first-order chi connectivity index (χ1) is 35.2. The summed E-state index contributed by atoms with van der Waals surface area (Å²) in [5.74, 6) is 1.80. The summed E-state index contributed by atoms with van der Waals surface area (Å²) in [6.45, 7) is 11.1. The van der Waals surface area contributed by atoms with E-state index < -0.39 is 36.1 Å². The third kappa shape index (κ3) is 8.48.